The molecule has 0 aliphatic carbocycles. The van der Waals surface area contributed by atoms with Gasteiger partial charge in [-0.2, -0.15) is 0 Å². The molecule has 10 aromatic rings. The Kier molecular flexibility index (Phi) is 4.15. The van der Waals surface area contributed by atoms with Crippen molar-refractivity contribution >= 4 is 70.9 Å². The summed E-state index contributed by atoms with van der Waals surface area (Å²) in [6, 6.07) is 47.4. The average molecular weight is 535 g/mol. The molecule has 0 saturated heterocycles. The van der Waals surface area contributed by atoms with Crippen molar-refractivity contribution < 1.29 is 0 Å². The van der Waals surface area contributed by atoms with Crippen LogP contribution in [0.1, 0.15) is 0 Å². The molecule has 0 N–H and O–H groups in total. The summed E-state index contributed by atoms with van der Waals surface area (Å²) in [5, 5.41) is 7.52. The van der Waals surface area contributed by atoms with Crippen molar-refractivity contribution in [1.82, 2.24) is 18.9 Å². The Balaban J connectivity index is 1.49. The Hall–Kier alpha value is -5.74. The van der Waals surface area contributed by atoms with Crippen LogP contribution in [0.4, 0.5) is 0 Å². The van der Waals surface area contributed by atoms with Gasteiger partial charge in [0.25, 0.3) is 0 Å². The monoisotopic (exact) mass is 534 g/mol. The summed E-state index contributed by atoms with van der Waals surface area (Å²) < 4.78 is 4.80. The highest BCUT2D eigenvalue weighted by molar-refractivity contribution is 6.31. The fourth-order valence-electron chi connectivity index (χ4n) is 7.15. The summed E-state index contributed by atoms with van der Waals surface area (Å²) in [6.07, 6.45) is 0. The second kappa shape index (κ2) is 7.93. The summed E-state index contributed by atoms with van der Waals surface area (Å²) in [4.78, 5) is 10.5. The summed E-state index contributed by atoms with van der Waals surface area (Å²) in [5.74, 6) is 0.838. The van der Waals surface area contributed by atoms with E-state index in [0.717, 1.165) is 39.1 Å². The molecule has 0 fully saturated rings. The quantitative estimate of drug-likeness (QED) is 0.221. The lowest BCUT2D eigenvalue weighted by Gasteiger charge is -2.14. The maximum Gasteiger partial charge on any atom is 0.165 e. The van der Waals surface area contributed by atoms with Crippen LogP contribution in [0.5, 0.6) is 0 Å². The Morgan fingerprint density at radius 2 is 0.976 bits per heavy atom. The Bertz CT molecular complexity index is 2680. The van der Waals surface area contributed by atoms with E-state index in [0.29, 0.717) is 0 Å². The molecule has 6 aromatic carbocycles. The van der Waals surface area contributed by atoms with Crippen molar-refractivity contribution in [3.05, 3.63) is 133 Å². The largest absolute Gasteiger partial charge is 0.308 e. The fourth-order valence-corrected chi connectivity index (χ4v) is 7.15. The first-order valence-electron chi connectivity index (χ1n) is 14.3. The van der Waals surface area contributed by atoms with Crippen LogP contribution in [-0.4, -0.2) is 18.9 Å². The minimum absolute atomic E-state index is 0.838. The molecule has 0 radical (unpaired) electrons. The third kappa shape index (κ3) is 2.71. The molecule has 10 rings (SSSR count). The van der Waals surface area contributed by atoms with Crippen molar-refractivity contribution in [3.63, 3.8) is 0 Å². The molecule has 0 bridgehead atoms. The number of para-hydroxylation sites is 4. The SMILES string of the molecule is c1ccc(-c2nc3ccccc3nc2-n2c3cccc4c5cccc6c7ccccc7n(c7cccc2c7c43)c56)cc1. The van der Waals surface area contributed by atoms with Gasteiger partial charge in [0.15, 0.2) is 5.82 Å². The fraction of sp³-hybridized carbons (Fsp3) is 0. The van der Waals surface area contributed by atoms with E-state index in [1.165, 1.54) is 48.9 Å². The molecular weight excluding hydrogens is 512 g/mol. The Morgan fingerprint density at radius 1 is 0.405 bits per heavy atom. The second-order valence-electron chi connectivity index (χ2n) is 11.0. The van der Waals surface area contributed by atoms with E-state index in [9.17, 15) is 0 Å². The molecule has 4 heteroatoms. The molecule has 4 aromatic heterocycles. The molecule has 194 valence electrons. The van der Waals surface area contributed by atoms with Gasteiger partial charge in [0.1, 0.15) is 5.69 Å². The zero-order valence-corrected chi connectivity index (χ0v) is 22.5. The first-order chi connectivity index (χ1) is 20.9. The van der Waals surface area contributed by atoms with Gasteiger partial charge in [-0.3, -0.25) is 4.57 Å². The van der Waals surface area contributed by atoms with E-state index in [1.54, 1.807) is 0 Å². The highest BCUT2D eigenvalue weighted by Gasteiger charge is 2.24. The van der Waals surface area contributed by atoms with Gasteiger partial charge in [-0.05, 0) is 41.8 Å². The molecule has 4 heterocycles. The summed E-state index contributed by atoms with van der Waals surface area (Å²) in [5.41, 5.74) is 9.60. The summed E-state index contributed by atoms with van der Waals surface area (Å²) in [6.45, 7) is 0. The van der Waals surface area contributed by atoms with E-state index in [4.69, 9.17) is 9.97 Å². The lowest BCUT2D eigenvalue weighted by atomic mass is 10.0. The highest BCUT2D eigenvalue weighted by Crippen LogP contribution is 2.44. The van der Waals surface area contributed by atoms with E-state index < -0.39 is 0 Å². The van der Waals surface area contributed by atoms with Gasteiger partial charge in [-0.1, -0.05) is 97.1 Å². The number of rotatable bonds is 2. The first-order valence-corrected chi connectivity index (χ1v) is 14.3. The van der Waals surface area contributed by atoms with Crippen molar-refractivity contribution in [2.24, 2.45) is 0 Å². The van der Waals surface area contributed by atoms with E-state index in [-0.39, 0.29) is 0 Å². The summed E-state index contributed by atoms with van der Waals surface area (Å²) in [7, 11) is 0. The molecule has 0 atom stereocenters. The number of hydrogen-bond acceptors (Lipinski definition) is 2. The Labute approximate surface area is 240 Å². The van der Waals surface area contributed by atoms with Crippen LogP contribution in [0.3, 0.4) is 0 Å². The maximum atomic E-state index is 5.31. The summed E-state index contributed by atoms with van der Waals surface area (Å²) >= 11 is 0. The minimum Gasteiger partial charge on any atom is -0.308 e. The van der Waals surface area contributed by atoms with Gasteiger partial charge in [-0.15, -0.1) is 0 Å². The smallest absolute Gasteiger partial charge is 0.165 e. The number of benzene rings is 6. The molecule has 0 saturated carbocycles. The third-order valence-electron chi connectivity index (χ3n) is 8.83. The predicted octanol–water partition coefficient (Wildman–Crippen LogP) is 9.54. The number of fused-ring (bicyclic) bond motifs is 6. The minimum atomic E-state index is 0.838. The van der Waals surface area contributed by atoms with Gasteiger partial charge < -0.3 is 4.40 Å². The van der Waals surface area contributed by atoms with Gasteiger partial charge in [0.2, 0.25) is 0 Å². The van der Waals surface area contributed by atoms with Crippen LogP contribution in [0.25, 0.3) is 88.0 Å². The molecule has 42 heavy (non-hydrogen) atoms. The molecular formula is C38H22N4. The average Bonchev–Trinajstić information content (AvgIpc) is 3.53. The van der Waals surface area contributed by atoms with E-state index in [2.05, 4.69) is 112 Å². The maximum absolute atomic E-state index is 5.31. The van der Waals surface area contributed by atoms with E-state index >= 15 is 0 Å². The number of nitrogens with zero attached hydrogens (tertiary/aromatic N) is 4. The molecule has 0 aliphatic rings. The standard InChI is InChI=1S/C38H22N4/c1-2-11-23(12-3-1)36-38(40-29-18-6-5-17-28(29)39-36)42-31-20-9-14-25-27-16-8-15-26-24-13-4-7-19-30(24)41(37(26)27)32-21-10-22-33(42)35(32)34(25)31/h1-22H. The zero-order chi connectivity index (χ0) is 27.4. The van der Waals surface area contributed by atoms with Gasteiger partial charge in [0, 0.05) is 32.5 Å². The normalized spacial score (nSPS) is 12.3. The highest BCUT2D eigenvalue weighted by atomic mass is 15.1. The van der Waals surface area contributed by atoms with Crippen molar-refractivity contribution in [2.45, 2.75) is 0 Å². The first kappa shape index (κ1) is 22.0. The van der Waals surface area contributed by atoms with Gasteiger partial charge in [0.05, 0.1) is 38.6 Å². The van der Waals surface area contributed by atoms with Crippen LogP contribution < -0.4 is 0 Å². The molecule has 0 spiro atoms. The van der Waals surface area contributed by atoms with Crippen molar-refractivity contribution in [3.8, 4) is 17.1 Å². The molecule has 0 amide bonds. The van der Waals surface area contributed by atoms with Crippen LogP contribution >= 0.6 is 0 Å². The number of hydrogen-bond donors (Lipinski definition) is 0. The predicted molar refractivity (Wildman–Crippen MR) is 174 cm³/mol. The lowest BCUT2D eigenvalue weighted by Crippen LogP contribution is -2.03. The molecule has 0 unspecified atom stereocenters. The van der Waals surface area contributed by atoms with Crippen LogP contribution in [0.15, 0.2) is 133 Å². The third-order valence-corrected chi connectivity index (χ3v) is 8.83. The second-order valence-corrected chi connectivity index (χ2v) is 11.0. The van der Waals surface area contributed by atoms with Gasteiger partial charge in [-0.25, -0.2) is 9.97 Å². The van der Waals surface area contributed by atoms with Crippen LogP contribution in [-0.2, 0) is 0 Å². The Morgan fingerprint density at radius 3 is 1.83 bits per heavy atom. The van der Waals surface area contributed by atoms with Crippen LogP contribution in [0.2, 0.25) is 0 Å². The van der Waals surface area contributed by atoms with Gasteiger partial charge >= 0.3 is 0 Å². The van der Waals surface area contributed by atoms with Crippen molar-refractivity contribution in [2.75, 3.05) is 0 Å². The lowest BCUT2D eigenvalue weighted by molar-refractivity contribution is 1.08. The molecule has 0 aliphatic heterocycles. The van der Waals surface area contributed by atoms with E-state index in [1.807, 2.05) is 30.3 Å². The number of aromatic nitrogens is 4. The molecule has 4 nitrogen and oxygen atoms in total. The topological polar surface area (TPSA) is 35.1 Å². The zero-order valence-electron chi connectivity index (χ0n) is 22.5. The van der Waals surface area contributed by atoms with Crippen LogP contribution in [0, 0.1) is 0 Å². The van der Waals surface area contributed by atoms with Crippen molar-refractivity contribution in [1.29, 1.82) is 0 Å².